The zero-order valence-corrected chi connectivity index (χ0v) is 14.7. The van der Waals surface area contributed by atoms with Gasteiger partial charge >= 0.3 is 0 Å². The topological polar surface area (TPSA) is 35.5 Å². The maximum atomic E-state index is 11.3. The molecule has 1 fully saturated rings. The Bertz CT molecular complexity index is 483. The molecule has 1 atom stereocenters. The highest BCUT2D eigenvalue weighted by Crippen LogP contribution is 2.55. The molecular formula is C19H30O3. The van der Waals surface area contributed by atoms with Crippen LogP contribution >= 0.6 is 0 Å². The van der Waals surface area contributed by atoms with Crippen molar-refractivity contribution in [2.24, 2.45) is 16.7 Å². The van der Waals surface area contributed by atoms with Crippen LogP contribution in [-0.4, -0.2) is 26.1 Å². The fraction of sp³-hybridized carbons (Fsp3) is 0.737. The Morgan fingerprint density at radius 2 is 2.00 bits per heavy atom. The van der Waals surface area contributed by atoms with E-state index < -0.39 is 0 Å². The summed E-state index contributed by atoms with van der Waals surface area (Å²) in [6.45, 7) is 13.1. The minimum Gasteiger partial charge on any atom is -0.491 e. The summed E-state index contributed by atoms with van der Waals surface area (Å²) in [5, 5.41) is 0. The predicted molar refractivity (Wildman–Crippen MR) is 88.5 cm³/mol. The van der Waals surface area contributed by atoms with Gasteiger partial charge < -0.3 is 9.47 Å². The number of fused-ring (bicyclic) bond motifs is 1. The Balaban J connectivity index is 2.29. The number of hydrogen-bond donors (Lipinski definition) is 0. The van der Waals surface area contributed by atoms with E-state index in [1.54, 1.807) is 0 Å². The first-order valence-electron chi connectivity index (χ1n) is 8.38. The summed E-state index contributed by atoms with van der Waals surface area (Å²) in [5.41, 5.74) is 2.71. The summed E-state index contributed by atoms with van der Waals surface area (Å²) in [6, 6.07) is 0. The van der Waals surface area contributed by atoms with Gasteiger partial charge in [0.15, 0.2) is 0 Å². The Morgan fingerprint density at radius 3 is 2.64 bits per heavy atom. The molecule has 0 spiro atoms. The minimum absolute atomic E-state index is 0.189. The second-order valence-electron chi connectivity index (χ2n) is 8.04. The third kappa shape index (κ3) is 3.81. The summed E-state index contributed by atoms with van der Waals surface area (Å²) in [6.07, 6.45) is 6.00. The van der Waals surface area contributed by atoms with E-state index in [-0.39, 0.29) is 10.8 Å². The standard InChI is InChI=1S/C19H30O3/c1-6-21-7-8-22-17-10-14(12-20)9-16-15(17)11-18(2,3)13-19(16,4)5/h10,12,16H,6-9,11,13H2,1-5H3. The molecule has 3 heteroatoms. The molecule has 0 N–H and O–H groups in total. The van der Waals surface area contributed by atoms with Gasteiger partial charge in [-0.3, -0.25) is 4.79 Å². The van der Waals surface area contributed by atoms with Gasteiger partial charge in [0.05, 0.1) is 6.61 Å². The third-order valence-electron chi connectivity index (χ3n) is 4.88. The molecule has 0 aliphatic heterocycles. The second-order valence-corrected chi connectivity index (χ2v) is 8.04. The number of hydrogen-bond acceptors (Lipinski definition) is 3. The molecule has 22 heavy (non-hydrogen) atoms. The highest BCUT2D eigenvalue weighted by Gasteiger charge is 2.45. The summed E-state index contributed by atoms with van der Waals surface area (Å²) in [4.78, 5) is 11.3. The molecule has 0 bridgehead atoms. The van der Waals surface area contributed by atoms with Crippen LogP contribution in [-0.2, 0) is 14.3 Å². The minimum atomic E-state index is 0.189. The molecule has 2 rings (SSSR count). The van der Waals surface area contributed by atoms with Crippen molar-refractivity contribution in [1.29, 1.82) is 0 Å². The third-order valence-corrected chi connectivity index (χ3v) is 4.88. The highest BCUT2D eigenvalue weighted by molar-refractivity contribution is 5.75. The van der Waals surface area contributed by atoms with Crippen LogP contribution in [0.15, 0.2) is 23.0 Å². The van der Waals surface area contributed by atoms with E-state index in [2.05, 4.69) is 27.7 Å². The molecule has 0 radical (unpaired) electrons. The molecule has 0 saturated heterocycles. The smallest absolute Gasteiger partial charge is 0.146 e. The maximum absolute atomic E-state index is 11.3. The van der Waals surface area contributed by atoms with Crippen molar-refractivity contribution >= 4 is 6.29 Å². The quantitative estimate of drug-likeness (QED) is 0.542. The summed E-state index contributed by atoms with van der Waals surface area (Å²) in [5.74, 6) is 1.33. The lowest BCUT2D eigenvalue weighted by atomic mass is 9.55. The Morgan fingerprint density at radius 1 is 1.27 bits per heavy atom. The monoisotopic (exact) mass is 306 g/mol. The Kier molecular flexibility index (Phi) is 5.16. The largest absolute Gasteiger partial charge is 0.491 e. The Labute approximate surface area is 134 Å². The van der Waals surface area contributed by atoms with Gasteiger partial charge in [0.25, 0.3) is 0 Å². The van der Waals surface area contributed by atoms with Crippen molar-refractivity contribution in [3.63, 3.8) is 0 Å². The van der Waals surface area contributed by atoms with Crippen molar-refractivity contribution in [2.75, 3.05) is 19.8 Å². The first-order chi connectivity index (χ1) is 10.3. The number of allylic oxidation sites excluding steroid dienone is 3. The number of aldehydes is 1. The van der Waals surface area contributed by atoms with Gasteiger partial charge in [0.1, 0.15) is 18.7 Å². The van der Waals surface area contributed by atoms with Gasteiger partial charge in [-0.15, -0.1) is 0 Å². The van der Waals surface area contributed by atoms with Crippen LogP contribution in [0.4, 0.5) is 0 Å². The number of ether oxygens (including phenoxy) is 2. The molecule has 2 aliphatic rings. The second kappa shape index (κ2) is 6.57. The van der Waals surface area contributed by atoms with E-state index >= 15 is 0 Å². The van der Waals surface area contributed by atoms with Crippen molar-refractivity contribution < 1.29 is 14.3 Å². The van der Waals surface area contributed by atoms with Gasteiger partial charge in [0.2, 0.25) is 0 Å². The summed E-state index contributed by atoms with van der Waals surface area (Å²) < 4.78 is 11.4. The van der Waals surface area contributed by atoms with Crippen LogP contribution in [0.5, 0.6) is 0 Å². The maximum Gasteiger partial charge on any atom is 0.146 e. The molecule has 1 unspecified atom stereocenters. The van der Waals surface area contributed by atoms with Gasteiger partial charge in [-0.2, -0.15) is 0 Å². The van der Waals surface area contributed by atoms with E-state index in [0.717, 1.165) is 30.5 Å². The van der Waals surface area contributed by atoms with Gasteiger partial charge in [-0.05, 0) is 60.2 Å². The molecule has 0 aromatic rings. The normalized spacial score (nSPS) is 26.2. The first kappa shape index (κ1) is 17.3. The van der Waals surface area contributed by atoms with Crippen LogP contribution in [0.25, 0.3) is 0 Å². The molecule has 1 saturated carbocycles. The van der Waals surface area contributed by atoms with Crippen LogP contribution in [0.2, 0.25) is 0 Å². The molecule has 0 aromatic carbocycles. The highest BCUT2D eigenvalue weighted by atomic mass is 16.5. The number of carbonyl (C=O) groups excluding carboxylic acids is 1. The van der Waals surface area contributed by atoms with Crippen molar-refractivity contribution in [3.8, 4) is 0 Å². The van der Waals surface area contributed by atoms with Crippen molar-refractivity contribution in [2.45, 2.75) is 53.9 Å². The van der Waals surface area contributed by atoms with Crippen LogP contribution in [0.1, 0.15) is 53.9 Å². The first-order valence-corrected chi connectivity index (χ1v) is 8.38. The lowest BCUT2D eigenvalue weighted by Gasteiger charge is -2.49. The zero-order valence-electron chi connectivity index (χ0n) is 14.7. The van der Waals surface area contributed by atoms with Crippen LogP contribution in [0, 0.1) is 16.7 Å². The summed E-state index contributed by atoms with van der Waals surface area (Å²) in [7, 11) is 0. The van der Waals surface area contributed by atoms with Crippen LogP contribution < -0.4 is 0 Å². The van der Waals surface area contributed by atoms with E-state index in [1.807, 2.05) is 13.0 Å². The number of rotatable bonds is 6. The van der Waals surface area contributed by atoms with E-state index in [4.69, 9.17) is 9.47 Å². The fourth-order valence-electron chi connectivity index (χ4n) is 4.31. The Hall–Kier alpha value is -1.09. The zero-order chi connectivity index (χ0) is 16.4. The fourth-order valence-corrected chi connectivity index (χ4v) is 4.31. The lowest BCUT2D eigenvalue weighted by molar-refractivity contribution is -0.105. The van der Waals surface area contributed by atoms with E-state index in [9.17, 15) is 4.79 Å². The van der Waals surface area contributed by atoms with Gasteiger partial charge in [-0.25, -0.2) is 0 Å². The molecule has 2 aliphatic carbocycles. The molecule has 3 nitrogen and oxygen atoms in total. The van der Waals surface area contributed by atoms with Gasteiger partial charge in [-0.1, -0.05) is 27.7 Å². The average Bonchev–Trinajstić information content (AvgIpc) is 2.42. The van der Waals surface area contributed by atoms with Crippen molar-refractivity contribution in [3.05, 3.63) is 23.0 Å². The van der Waals surface area contributed by atoms with E-state index in [0.29, 0.717) is 25.7 Å². The average molecular weight is 306 g/mol. The van der Waals surface area contributed by atoms with Crippen molar-refractivity contribution in [1.82, 2.24) is 0 Å². The summed E-state index contributed by atoms with van der Waals surface area (Å²) >= 11 is 0. The molecule has 0 aromatic heterocycles. The van der Waals surface area contributed by atoms with Gasteiger partial charge in [0, 0.05) is 6.61 Å². The molecule has 0 amide bonds. The van der Waals surface area contributed by atoms with E-state index in [1.165, 1.54) is 12.0 Å². The molecule has 0 heterocycles. The molecular weight excluding hydrogens is 276 g/mol. The lowest BCUT2D eigenvalue weighted by Crippen LogP contribution is -2.40. The molecule has 124 valence electrons. The SMILES string of the molecule is CCOCCOC1=C2CC(C)(C)CC(C)(C)C2CC(C=O)=C1. The van der Waals surface area contributed by atoms with Crippen LogP contribution in [0.3, 0.4) is 0 Å². The number of carbonyl (C=O) groups is 1. The predicted octanol–water partition coefficient (Wildman–Crippen LogP) is 4.29.